The average molecular weight is 287 g/mol. The number of anilines is 1. The summed E-state index contributed by atoms with van der Waals surface area (Å²) in [6.45, 7) is 1.79. The van der Waals surface area contributed by atoms with Gasteiger partial charge in [0.2, 0.25) is 5.91 Å². The van der Waals surface area contributed by atoms with E-state index < -0.39 is 5.54 Å². The predicted molar refractivity (Wildman–Crippen MR) is 77.0 cm³/mol. The average Bonchev–Trinajstić information content (AvgIpc) is 2.28. The van der Waals surface area contributed by atoms with Crippen molar-refractivity contribution in [1.82, 2.24) is 0 Å². The third-order valence-electron chi connectivity index (χ3n) is 3.50. The van der Waals surface area contributed by atoms with Gasteiger partial charge in [0.15, 0.2) is 0 Å². The van der Waals surface area contributed by atoms with E-state index in [1.807, 2.05) is 0 Å². The summed E-state index contributed by atoms with van der Waals surface area (Å²) in [4.78, 5) is 12.2. The van der Waals surface area contributed by atoms with Crippen molar-refractivity contribution in [3.8, 4) is 0 Å². The first-order valence-corrected chi connectivity index (χ1v) is 6.37. The molecule has 1 fully saturated rings. The van der Waals surface area contributed by atoms with Crippen LogP contribution in [-0.4, -0.2) is 11.4 Å². The summed E-state index contributed by atoms with van der Waals surface area (Å²) in [6.07, 6.45) is 4.49. The van der Waals surface area contributed by atoms with E-state index in [1.54, 1.807) is 13.0 Å². The second-order valence-electron chi connectivity index (χ2n) is 5.19. The Labute approximate surface area is 119 Å². The molecule has 1 aromatic rings. The molecule has 0 saturated heterocycles. The Hall–Kier alpha value is -1.13. The molecule has 1 saturated carbocycles. The standard InChI is InChI=1S/C14H19FN2O.ClH/c1-10-7-11(15)9-12(8-10)17-13(18)14(16)5-3-2-4-6-14;/h7-9H,2-6,16H2,1H3,(H,17,18);1H. The number of amides is 1. The van der Waals surface area contributed by atoms with E-state index in [-0.39, 0.29) is 24.1 Å². The number of benzene rings is 1. The van der Waals surface area contributed by atoms with E-state index in [2.05, 4.69) is 5.32 Å². The molecule has 106 valence electrons. The number of hydrogen-bond donors (Lipinski definition) is 2. The van der Waals surface area contributed by atoms with Crippen LogP contribution >= 0.6 is 12.4 Å². The van der Waals surface area contributed by atoms with Crippen LogP contribution in [0.1, 0.15) is 37.7 Å². The molecule has 0 atom stereocenters. The highest BCUT2D eigenvalue weighted by Gasteiger charge is 2.35. The molecule has 3 nitrogen and oxygen atoms in total. The molecule has 1 amide bonds. The first-order valence-electron chi connectivity index (χ1n) is 6.37. The minimum atomic E-state index is -0.793. The van der Waals surface area contributed by atoms with Gasteiger partial charge >= 0.3 is 0 Å². The summed E-state index contributed by atoms with van der Waals surface area (Å²) < 4.78 is 13.2. The Bertz CT molecular complexity index is 439. The van der Waals surface area contributed by atoms with Gasteiger partial charge in [0.25, 0.3) is 0 Å². The summed E-state index contributed by atoms with van der Waals surface area (Å²) in [5.41, 5.74) is 6.58. The fourth-order valence-corrected chi connectivity index (χ4v) is 2.47. The van der Waals surface area contributed by atoms with Crippen LogP contribution in [-0.2, 0) is 4.79 Å². The van der Waals surface area contributed by atoms with Gasteiger partial charge in [-0.25, -0.2) is 4.39 Å². The number of nitrogens with two attached hydrogens (primary N) is 1. The lowest BCUT2D eigenvalue weighted by Gasteiger charge is -2.31. The molecule has 1 aromatic carbocycles. The highest BCUT2D eigenvalue weighted by atomic mass is 35.5. The highest BCUT2D eigenvalue weighted by Crippen LogP contribution is 2.27. The lowest BCUT2D eigenvalue weighted by atomic mass is 9.82. The number of carbonyl (C=O) groups is 1. The van der Waals surface area contributed by atoms with Crippen molar-refractivity contribution in [3.05, 3.63) is 29.6 Å². The molecular formula is C14H20ClFN2O. The molecule has 2 rings (SSSR count). The van der Waals surface area contributed by atoms with Gasteiger partial charge < -0.3 is 11.1 Å². The van der Waals surface area contributed by atoms with Crippen molar-refractivity contribution < 1.29 is 9.18 Å². The van der Waals surface area contributed by atoms with Gasteiger partial charge in [-0.3, -0.25) is 4.79 Å². The van der Waals surface area contributed by atoms with Crippen LogP contribution < -0.4 is 11.1 Å². The van der Waals surface area contributed by atoms with E-state index in [0.717, 1.165) is 24.8 Å². The van der Waals surface area contributed by atoms with E-state index in [4.69, 9.17) is 5.73 Å². The van der Waals surface area contributed by atoms with Gasteiger partial charge in [0.05, 0.1) is 5.54 Å². The topological polar surface area (TPSA) is 55.1 Å². The highest BCUT2D eigenvalue weighted by molar-refractivity contribution is 5.98. The van der Waals surface area contributed by atoms with Crippen LogP contribution in [0.3, 0.4) is 0 Å². The minimum Gasteiger partial charge on any atom is -0.324 e. The largest absolute Gasteiger partial charge is 0.324 e. The Morgan fingerprint density at radius 3 is 2.47 bits per heavy atom. The molecule has 0 spiro atoms. The summed E-state index contributed by atoms with van der Waals surface area (Å²) in [5.74, 6) is -0.549. The Balaban J connectivity index is 0.00000180. The zero-order valence-electron chi connectivity index (χ0n) is 11.0. The van der Waals surface area contributed by atoms with Crippen LogP contribution in [0.5, 0.6) is 0 Å². The van der Waals surface area contributed by atoms with E-state index in [1.165, 1.54) is 12.1 Å². The summed E-state index contributed by atoms with van der Waals surface area (Å²) in [6, 6.07) is 4.48. The molecule has 19 heavy (non-hydrogen) atoms. The molecule has 1 aliphatic carbocycles. The maximum atomic E-state index is 13.2. The smallest absolute Gasteiger partial charge is 0.244 e. The zero-order valence-corrected chi connectivity index (χ0v) is 11.9. The third-order valence-corrected chi connectivity index (χ3v) is 3.50. The van der Waals surface area contributed by atoms with E-state index >= 15 is 0 Å². The molecule has 0 bridgehead atoms. The van der Waals surface area contributed by atoms with Crippen LogP contribution in [0, 0.1) is 12.7 Å². The maximum Gasteiger partial charge on any atom is 0.244 e. The fourth-order valence-electron chi connectivity index (χ4n) is 2.47. The zero-order chi connectivity index (χ0) is 13.2. The first-order chi connectivity index (χ1) is 8.49. The van der Waals surface area contributed by atoms with Crippen molar-refractivity contribution in [2.75, 3.05) is 5.32 Å². The SMILES string of the molecule is Cc1cc(F)cc(NC(=O)C2(N)CCCCC2)c1.Cl. The van der Waals surface area contributed by atoms with Crippen molar-refractivity contribution in [2.45, 2.75) is 44.6 Å². The van der Waals surface area contributed by atoms with Crippen molar-refractivity contribution in [2.24, 2.45) is 5.73 Å². The molecule has 0 aromatic heterocycles. The number of carbonyl (C=O) groups excluding carboxylic acids is 1. The normalized spacial score (nSPS) is 17.4. The number of hydrogen-bond acceptors (Lipinski definition) is 2. The second kappa shape index (κ2) is 6.35. The minimum absolute atomic E-state index is 0. The quantitative estimate of drug-likeness (QED) is 0.877. The predicted octanol–water partition coefficient (Wildman–Crippen LogP) is 3.16. The summed E-state index contributed by atoms with van der Waals surface area (Å²) in [7, 11) is 0. The van der Waals surface area contributed by atoms with Crippen LogP contribution in [0.4, 0.5) is 10.1 Å². The monoisotopic (exact) mass is 286 g/mol. The molecule has 0 aliphatic heterocycles. The van der Waals surface area contributed by atoms with Crippen LogP contribution in [0.25, 0.3) is 0 Å². The number of nitrogens with one attached hydrogen (secondary N) is 1. The number of aryl methyl sites for hydroxylation is 1. The van der Waals surface area contributed by atoms with Gasteiger partial charge in [-0.05, 0) is 43.5 Å². The molecule has 3 N–H and O–H groups in total. The Morgan fingerprint density at radius 2 is 1.89 bits per heavy atom. The van der Waals surface area contributed by atoms with Crippen molar-refractivity contribution in [3.63, 3.8) is 0 Å². The molecular weight excluding hydrogens is 267 g/mol. The third kappa shape index (κ3) is 3.91. The van der Waals surface area contributed by atoms with Crippen LogP contribution in [0.2, 0.25) is 0 Å². The number of rotatable bonds is 2. The molecule has 1 aliphatic rings. The Kier molecular flexibility index (Phi) is 5.32. The lowest BCUT2D eigenvalue weighted by molar-refractivity contribution is -0.122. The molecule has 0 heterocycles. The van der Waals surface area contributed by atoms with Gasteiger partial charge in [0, 0.05) is 5.69 Å². The van der Waals surface area contributed by atoms with Gasteiger partial charge in [-0.15, -0.1) is 12.4 Å². The fraction of sp³-hybridized carbons (Fsp3) is 0.500. The molecule has 5 heteroatoms. The summed E-state index contributed by atoms with van der Waals surface area (Å²) in [5, 5.41) is 2.73. The van der Waals surface area contributed by atoms with E-state index in [9.17, 15) is 9.18 Å². The lowest BCUT2D eigenvalue weighted by Crippen LogP contribution is -2.52. The maximum absolute atomic E-state index is 13.2. The Morgan fingerprint density at radius 1 is 1.26 bits per heavy atom. The second-order valence-corrected chi connectivity index (χ2v) is 5.19. The molecule has 0 unspecified atom stereocenters. The molecule has 0 radical (unpaired) electrons. The van der Waals surface area contributed by atoms with E-state index in [0.29, 0.717) is 18.5 Å². The van der Waals surface area contributed by atoms with Gasteiger partial charge in [-0.2, -0.15) is 0 Å². The van der Waals surface area contributed by atoms with Crippen molar-refractivity contribution in [1.29, 1.82) is 0 Å². The first kappa shape index (κ1) is 15.9. The number of halogens is 2. The van der Waals surface area contributed by atoms with Gasteiger partial charge in [-0.1, -0.05) is 19.3 Å². The van der Waals surface area contributed by atoms with Crippen molar-refractivity contribution >= 4 is 24.0 Å². The van der Waals surface area contributed by atoms with Gasteiger partial charge in [0.1, 0.15) is 5.82 Å². The summed E-state index contributed by atoms with van der Waals surface area (Å²) >= 11 is 0. The van der Waals surface area contributed by atoms with Crippen LogP contribution in [0.15, 0.2) is 18.2 Å².